The molecule has 0 aliphatic rings. The van der Waals surface area contributed by atoms with Gasteiger partial charge in [0.15, 0.2) is 11.5 Å². The number of rotatable bonds is 4. The van der Waals surface area contributed by atoms with Gasteiger partial charge in [-0.1, -0.05) is 23.4 Å². The summed E-state index contributed by atoms with van der Waals surface area (Å²) >= 11 is 0. The molecule has 2 aromatic heterocycles. The van der Waals surface area contributed by atoms with Crippen molar-refractivity contribution in [2.24, 2.45) is 0 Å². The molecule has 0 saturated carbocycles. The van der Waals surface area contributed by atoms with Gasteiger partial charge in [-0.3, -0.25) is 0 Å². The Morgan fingerprint density at radius 1 is 1.25 bits per heavy atom. The standard InChI is InChI=1S/C13H10N6O/c14-7-11-13(15-6-5-12-16-8-20-19-12)9-3-1-2-4-10(9)17-18-11/h1-4,8H,5-6H2,(H,15,17). The first-order valence-corrected chi connectivity index (χ1v) is 6.03. The van der Waals surface area contributed by atoms with Crippen LogP contribution < -0.4 is 5.32 Å². The van der Waals surface area contributed by atoms with Crippen molar-refractivity contribution in [2.45, 2.75) is 6.42 Å². The van der Waals surface area contributed by atoms with E-state index in [1.165, 1.54) is 6.39 Å². The third-order valence-electron chi connectivity index (χ3n) is 2.83. The molecule has 1 N–H and O–H groups in total. The molecule has 98 valence electrons. The minimum Gasteiger partial charge on any atom is -0.382 e. The lowest BCUT2D eigenvalue weighted by Gasteiger charge is -2.09. The lowest BCUT2D eigenvalue weighted by Crippen LogP contribution is -2.09. The Hall–Kier alpha value is -3.01. The summed E-state index contributed by atoms with van der Waals surface area (Å²) in [6, 6.07) is 9.58. The maximum atomic E-state index is 9.13. The van der Waals surface area contributed by atoms with E-state index < -0.39 is 0 Å². The van der Waals surface area contributed by atoms with E-state index in [0.717, 1.165) is 10.9 Å². The molecule has 3 rings (SSSR count). The van der Waals surface area contributed by atoms with Crippen LogP contribution in [0.15, 0.2) is 35.2 Å². The monoisotopic (exact) mass is 266 g/mol. The van der Waals surface area contributed by atoms with Gasteiger partial charge >= 0.3 is 0 Å². The molecule has 0 atom stereocenters. The van der Waals surface area contributed by atoms with Crippen LogP contribution in [0.1, 0.15) is 11.5 Å². The van der Waals surface area contributed by atoms with E-state index in [-0.39, 0.29) is 5.69 Å². The fraction of sp³-hybridized carbons (Fsp3) is 0.154. The highest BCUT2D eigenvalue weighted by atomic mass is 16.5. The SMILES string of the molecule is N#Cc1nnc2ccccc2c1NCCc1ncon1. The van der Waals surface area contributed by atoms with Crippen molar-refractivity contribution in [1.82, 2.24) is 20.3 Å². The van der Waals surface area contributed by atoms with Crippen molar-refractivity contribution >= 4 is 16.6 Å². The molecule has 0 aliphatic carbocycles. The number of fused-ring (bicyclic) bond motifs is 1. The van der Waals surface area contributed by atoms with Gasteiger partial charge in [0.2, 0.25) is 6.39 Å². The van der Waals surface area contributed by atoms with E-state index in [9.17, 15) is 0 Å². The Morgan fingerprint density at radius 3 is 2.95 bits per heavy atom. The molecular formula is C13H10N6O. The second-order valence-corrected chi connectivity index (χ2v) is 4.08. The molecule has 0 spiro atoms. The molecule has 7 heteroatoms. The van der Waals surface area contributed by atoms with E-state index >= 15 is 0 Å². The van der Waals surface area contributed by atoms with Crippen LogP contribution in [0.25, 0.3) is 10.9 Å². The lowest BCUT2D eigenvalue weighted by molar-refractivity contribution is 0.410. The highest BCUT2D eigenvalue weighted by Crippen LogP contribution is 2.23. The molecular weight excluding hydrogens is 256 g/mol. The molecule has 2 heterocycles. The number of nitriles is 1. The van der Waals surface area contributed by atoms with Gasteiger partial charge in [-0.15, -0.1) is 10.2 Å². The first kappa shape index (κ1) is 12.0. The summed E-state index contributed by atoms with van der Waals surface area (Å²) in [6.45, 7) is 0.573. The van der Waals surface area contributed by atoms with Crippen LogP contribution in [0.4, 0.5) is 5.69 Å². The zero-order chi connectivity index (χ0) is 13.8. The fourth-order valence-electron chi connectivity index (χ4n) is 1.91. The highest BCUT2D eigenvalue weighted by Gasteiger charge is 2.10. The molecule has 0 aliphatic heterocycles. The van der Waals surface area contributed by atoms with Crippen molar-refractivity contribution in [2.75, 3.05) is 11.9 Å². The van der Waals surface area contributed by atoms with Crippen molar-refractivity contribution < 1.29 is 4.52 Å². The number of aromatic nitrogens is 4. The van der Waals surface area contributed by atoms with Crippen LogP contribution in [0, 0.1) is 11.3 Å². The molecule has 0 saturated heterocycles. The summed E-state index contributed by atoms with van der Waals surface area (Å²) in [6.07, 6.45) is 1.89. The van der Waals surface area contributed by atoms with Crippen LogP contribution in [0.3, 0.4) is 0 Å². The molecule has 0 unspecified atom stereocenters. The predicted octanol–water partition coefficient (Wildman–Crippen LogP) is 1.54. The summed E-state index contributed by atoms with van der Waals surface area (Å²) in [5.41, 5.74) is 1.70. The minimum atomic E-state index is 0.275. The van der Waals surface area contributed by atoms with Crippen LogP contribution in [0.5, 0.6) is 0 Å². The molecule has 0 amide bonds. The average molecular weight is 266 g/mol. The summed E-state index contributed by atoms with van der Waals surface area (Å²) in [7, 11) is 0. The third kappa shape index (κ3) is 2.27. The molecule has 3 aromatic rings. The van der Waals surface area contributed by atoms with Gasteiger partial charge in [0.1, 0.15) is 6.07 Å². The van der Waals surface area contributed by atoms with Crippen molar-refractivity contribution in [3.05, 3.63) is 42.2 Å². The molecule has 1 aromatic carbocycles. The average Bonchev–Trinajstić information content (AvgIpc) is 3.00. The van der Waals surface area contributed by atoms with Gasteiger partial charge in [0.25, 0.3) is 0 Å². The van der Waals surface area contributed by atoms with E-state index in [1.807, 2.05) is 30.3 Å². The quantitative estimate of drug-likeness (QED) is 0.764. The lowest BCUT2D eigenvalue weighted by atomic mass is 10.1. The van der Waals surface area contributed by atoms with Gasteiger partial charge in [-0.05, 0) is 6.07 Å². The molecule has 7 nitrogen and oxygen atoms in total. The van der Waals surface area contributed by atoms with Gasteiger partial charge in [0.05, 0.1) is 11.2 Å². The Labute approximate surface area is 114 Å². The van der Waals surface area contributed by atoms with E-state index in [4.69, 9.17) is 5.26 Å². The topological polar surface area (TPSA) is 101 Å². The van der Waals surface area contributed by atoms with Gasteiger partial charge in [-0.2, -0.15) is 10.2 Å². The number of nitrogens with zero attached hydrogens (tertiary/aromatic N) is 5. The van der Waals surface area contributed by atoms with Crippen molar-refractivity contribution in [1.29, 1.82) is 5.26 Å². The summed E-state index contributed by atoms with van der Waals surface area (Å²) in [4.78, 5) is 3.94. The normalized spacial score (nSPS) is 10.3. The van der Waals surface area contributed by atoms with Crippen molar-refractivity contribution in [3.8, 4) is 6.07 Å². The Kier molecular flexibility index (Phi) is 3.20. The zero-order valence-corrected chi connectivity index (χ0v) is 10.4. The third-order valence-corrected chi connectivity index (χ3v) is 2.83. The second kappa shape index (κ2) is 5.32. The summed E-state index contributed by atoms with van der Waals surface area (Å²) in [5.74, 6) is 0.613. The minimum absolute atomic E-state index is 0.275. The molecule has 20 heavy (non-hydrogen) atoms. The van der Waals surface area contributed by atoms with Crippen LogP contribution in [0.2, 0.25) is 0 Å². The predicted molar refractivity (Wildman–Crippen MR) is 70.7 cm³/mol. The Balaban J connectivity index is 1.87. The Bertz CT molecular complexity index is 762. The van der Waals surface area contributed by atoms with Gasteiger partial charge in [-0.25, -0.2) is 0 Å². The van der Waals surface area contributed by atoms with E-state index in [1.54, 1.807) is 0 Å². The maximum Gasteiger partial charge on any atom is 0.213 e. The van der Waals surface area contributed by atoms with Crippen LogP contribution in [-0.2, 0) is 6.42 Å². The largest absolute Gasteiger partial charge is 0.382 e. The molecule has 0 fully saturated rings. The van der Waals surface area contributed by atoms with Crippen molar-refractivity contribution in [3.63, 3.8) is 0 Å². The number of hydrogen-bond donors (Lipinski definition) is 1. The second-order valence-electron chi connectivity index (χ2n) is 4.08. The summed E-state index contributed by atoms with van der Waals surface area (Å²) in [5, 5.41) is 24.9. The van der Waals surface area contributed by atoms with Crippen LogP contribution in [-0.4, -0.2) is 26.9 Å². The zero-order valence-electron chi connectivity index (χ0n) is 10.4. The van der Waals surface area contributed by atoms with Gasteiger partial charge in [0, 0.05) is 18.4 Å². The van der Waals surface area contributed by atoms with Crippen LogP contribution >= 0.6 is 0 Å². The summed E-state index contributed by atoms with van der Waals surface area (Å²) < 4.78 is 4.67. The van der Waals surface area contributed by atoms with Gasteiger partial charge < -0.3 is 9.84 Å². The number of nitrogens with one attached hydrogen (secondary N) is 1. The van der Waals surface area contributed by atoms with E-state index in [2.05, 4.69) is 30.2 Å². The maximum absolute atomic E-state index is 9.13. The highest BCUT2D eigenvalue weighted by molar-refractivity contribution is 5.92. The molecule has 0 radical (unpaired) electrons. The first-order chi connectivity index (χ1) is 9.88. The smallest absolute Gasteiger partial charge is 0.213 e. The first-order valence-electron chi connectivity index (χ1n) is 6.03. The van der Waals surface area contributed by atoms with E-state index in [0.29, 0.717) is 24.5 Å². The molecule has 0 bridgehead atoms. The number of anilines is 1. The Morgan fingerprint density at radius 2 is 2.15 bits per heavy atom. The number of benzene rings is 1. The fourth-order valence-corrected chi connectivity index (χ4v) is 1.91. The number of hydrogen-bond acceptors (Lipinski definition) is 7.